The largest absolute Gasteiger partial charge is 0.380 e. The van der Waals surface area contributed by atoms with E-state index in [1.165, 1.54) is 25.9 Å². The maximum atomic E-state index is 12.7. The number of carbonyl (C=O) groups is 1. The molecule has 2 unspecified atom stereocenters. The molecule has 0 radical (unpaired) electrons. The standard InChI is InChI=1S/C17H22N4OS/c1-10-16(11-3-5-21(10)6-4-11)20-17(22)13-8-14-12(9-19-13)7-15(18-2)23-14/h7-11,16,18H,3-6H2,1-2H3,(H,20,22). The molecule has 0 aromatic carbocycles. The van der Waals surface area contributed by atoms with Gasteiger partial charge >= 0.3 is 0 Å². The first-order chi connectivity index (χ1) is 11.2. The second kappa shape index (κ2) is 5.76. The minimum absolute atomic E-state index is 0.0445. The maximum Gasteiger partial charge on any atom is 0.270 e. The van der Waals surface area contributed by atoms with Gasteiger partial charge in [0, 0.05) is 35.4 Å². The Bertz CT molecular complexity index is 733. The first-order valence-electron chi connectivity index (χ1n) is 8.28. The van der Waals surface area contributed by atoms with Crippen molar-refractivity contribution in [1.82, 2.24) is 15.2 Å². The number of pyridine rings is 1. The zero-order chi connectivity index (χ0) is 16.0. The molecule has 23 heavy (non-hydrogen) atoms. The van der Waals surface area contributed by atoms with E-state index >= 15 is 0 Å². The van der Waals surface area contributed by atoms with Gasteiger partial charge in [-0.2, -0.15) is 0 Å². The van der Waals surface area contributed by atoms with Crippen LogP contribution >= 0.6 is 11.3 Å². The maximum absolute atomic E-state index is 12.7. The van der Waals surface area contributed by atoms with Crippen LogP contribution in [0.15, 0.2) is 18.3 Å². The van der Waals surface area contributed by atoms with E-state index in [0.29, 0.717) is 17.7 Å². The summed E-state index contributed by atoms with van der Waals surface area (Å²) in [5, 5.41) is 8.55. The lowest BCUT2D eigenvalue weighted by Crippen LogP contribution is -2.62. The van der Waals surface area contributed by atoms with Crippen LogP contribution in [0.3, 0.4) is 0 Å². The molecule has 2 atom stereocenters. The number of thiophene rings is 1. The van der Waals surface area contributed by atoms with Crippen molar-refractivity contribution in [3.05, 3.63) is 24.0 Å². The van der Waals surface area contributed by atoms with Gasteiger partial charge in [0.1, 0.15) is 5.69 Å². The summed E-state index contributed by atoms with van der Waals surface area (Å²) in [5.74, 6) is 0.567. The number of hydrogen-bond donors (Lipinski definition) is 2. The summed E-state index contributed by atoms with van der Waals surface area (Å²) in [6.07, 6.45) is 4.18. The summed E-state index contributed by atoms with van der Waals surface area (Å²) >= 11 is 1.65. The number of piperidine rings is 3. The molecule has 2 bridgehead atoms. The summed E-state index contributed by atoms with van der Waals surface area (Å²) < 4.78 is 1.09. The molecule has 2 N–H and O–H groups in total. The van der Waals surface area contributed by atoms with Gasteiger partial charge in [-0.15, -0.1) is 11.3 Å². The second-order valence-corrected chi connectivity index (χ2v) is 7.67. The Morgan fingerprint density at radius 3 is 2.83 bits per heavy atom. The molecule has 5 nitrogen and oxygen atoms in total. The Morgan fingerprint density at radius 1 is 1.35 bits per heavy atom. The molecule has 0 spiro atoms. The number of nitrogens with one attached hydrogen (secondary N) is 2. The Hall–Kier alpha value is -1.66. The highest BCUT2D eigenvalue weighted by atomic mass is 32.1. The van der Waals surface area contributed by atoms with Crippen LogP contribution in [0.1, 0.15) is 30.3 Å². The average molecular weight is 330 g/mol. The zero-order valence-corrected chi connectivity index (χ0v) is 14.3. The SMILES string of the molecule is CNc1cc2cnc(C(=O)NC3C4CCN(CC4)C3C)cc2s1. The fraction of sp³-hybridized carbons (Fsp3) is 0.529. The van der Waals surface area contributed by atoms with Crippen molar-refractivity contribution in [2.24, 2.45) is 5.92 Å². The Morgan fingerprint density at radius 2 is 2.13 bits per heavy atom. The Kier molecular flexibility index (Phi) is 3.73. The molecule has 3 fully saturated rings. The van der Waals surface area contributed by atoms with Crippen molar-refractivity contribution < 1.29 is 4.79 Å². The number of hydrogen-bond acceptors (Lipinski definition) is 5. The number of carbonyl (C=O) groups excluding carboxylic acids is 1. The van der Waals surface area contributed by atoms with E-state index in [4.69, 9.17) is 0 Å². The lowest BCUT2D eigenvalue weighted by atomic mass is 9.79. The summed E-state index contributed by atoms with van der Waals surface area (Å²) in [7, 11) is 1.90. The van der Waals surface area contributed by atoms with E-state index in [1.54, 1.807) is 17.5 Å². The Balaban J connectivity index is 1.54. The molecular formula is C17H22N4OS. The van der Waals surface area contributed by atoms with E-state index in [0.717, 1.165) is 15.1 Å². The van der Waals surface area contributed by atoms with Crippen molar-refractivity contribution >= 4 is 32.3 Å². The van der Waals surface area contributed by atoms with Crippen molar-refractivity contribution in [2.75, 3.05) is 25.5 Å². The van der Waals surface area contributed by atoms with E-state index in [1.807, 2.05) is 13.1 Å². The molecule has 122 valence electrons. The van der Waals surface area contributed by atoms with Crippen LogP contribution in [0.4, 0.5) is 5.00 Å². The van der Waals surface area contributed by atoms with Gasteiger partial charge in [0.25, 0.3) is 5.91 Å². The van der Waals surface area contributed by atoms with Crippen LogP contribution in [0.5, 0.6) is 0 Å². The van der Waals surface area contributed by atoms with Crippen molar-refractivity contribution in [1.29, 1.82) is 0 Å². The highest BCUT2D eigenvalue weighted by molar-refractivity contribution is 7.22. The lowest BCUT2D eigenvalue weighted by Gasteiger charge is -2.49. The van der Waals surface area contributed by atoms with Gasteiger partial charge in [0.15, 0.2) is 0 Å². The van der Waals surface area contributed by atoms with E-state index in [-0.39, 0.29) is 11.9 Å². The van der Waals surface area contributed by atoms with E-state index in [2.05, 4.69) is 33.5 Å². The second-order valence-electron chi connectivity index (χ2n) is 6.58. The number of anilines is 1. The Labute approximate surface area is 140 Å². The molecule has 3 aliphatic heterocycles. The predicted molar refractivity (Wildman–Crippen MR) is 94.2 cm³/mol. The molecule has 2 aromatic rings. The van der Waals surface area contributed by atoms with Crippen molar-refractivity contribution in [3.8, 4) is 0 Å². The fourth-order valence-electron chi connectivity index (χ4n) is 3.95. The number of fused-ring (bicyclic) bond motifs is 4. The van der Waals surface area contributed by atoms with Crippen LogP contribution in [0.2, 0.25) is 0 Å². The molecule has 0 aliphatic carbocycles. The monoisotopic (exact) mass is 330 g/mol. The predicted octanol–water partition coefficient (Wildman–Crippen LogP) is 2.55. The third kappa shape index (κ3) is 2.60. The highest BCUT2D eigenvalue weighted by Gasteiger charge is 2.40. The van der Waals surface area contributed by atoms with Gasteiger partial charge in [-0.3, -0.25) is 14.7 Å². The number of amides is 1. The quantitative estimate of drug-likeness (QED) is 0.908. The number of nitrogens with zero attached hydrogens (tertiary/aromatic N) is 2. The minimum atomic E-state index is -0.0445. The van der Waals surface area contributed by atoms with Crippen molar-refractivity contribution in [3.63, 3.8) is 0 Å². The normalized spacial score (nSPS) is 29.7. The van der Waals surface area contributed by atoms with Gasteiger partial charge in [0.2, 0.25) is 0 Å². The van der Waals surface area contributed by atoms with Gasteiger partial charge < -0.3 is 10.6 Å². The summed E-state index contributed by atoms with van der Waals surface area (Å²) in [5.41, 5.74) is 0.519. The topological polar surface area (TPSA) is 57.3 Å². The third-order valence-corrected chi connectivity index (χ3v) is 6.47. The smallest absolute Gasteiger partial charge is 0.270 e. The minimum Gasteiger partial charge on any atom is -0.380 e. The molecule has 0 saturated carbocycles. The molecule has 3 aliphatic rings. The number of rotatable bonds is 3. The van der Waals surface area contributed by atoms with Crippen molar-refractivity contribution in [2.45, 2.75) is 31.8 Å². The van der Waals surface area contributed by atoms with Crippen LogP contribution in [0.25, 0.3) is 10.1 Å². The zero-order valence-electron chi connectivity index (χ0n) is 13.5. The summed E-state index contributed by atoms with van der Waals surface area (Å²) in [6, 6.07) is 4.64. The number of aromatic nitrogens is 1. The van der Waals surface area contributed by atoms with Crippen LogP contribution in [-0.2, 0) is 0 Å². The van der Waals surface area contributed by atoms with Gasteiger partial charge in [0.05, 0.1) is 5.00 Å². The summed E-state index contributed by atoms with van der Waals surface area (Å²) in [6.45, 7) is 4.57. The molecule has 3 saturated heterocycles. The molecule has 1 amide bonds. The molecule has 6 heteroatoms. The highest BCUT2D eigenvalue weighted by Crippen LogP contribution is 2.33. The first kappa shape index (κ1) is 14.9. The van der Waals surface area contributed by atoms with Gasteiger partial charge in [-0.1, -0.05) is 0 Å². The summed E-state index contributed by atoms with van der Waals surface area (Å²) in [4.78, 5) is 19.5. The van der Waals surface area contributed by atoms with E-state index < -0.39 is 0 Å². The third-order valence-electron chi connectivity index (χ3n) is 5.36. The van der Waals surface area contributed by atoms with Crippen LogP contribution < -0.4 is 10.6 Å². The lowest BCUT2D eigenvalue weighted by molar-refractivity contribution is 0.0216. The van der Waals surface area contributed by atoms with Gasteiger partial charge in [-0.25, -0.2) is 0 Å². The average Bonchev–Trinajstić information content (AvgIpc) is 3.00. The van der Waals surface area contributed by atoms with Crippen LogP contribution in [0, 0.1) is 5.92 Å². The first-order valence-corrected chi connectivity index (χ1v) is 9.09. The molecule has 5 rings (SSSR count). The molecular weight excluding hydrogens is 308 g/mol. The van der Waals surface area contributed by atoms with Gasteiger partial charge in [-0.05, 0) is 50.9 Å². The molecule has 2 aromatic heterocycles. The van der Waals surface area contributed by atoms with E-state index in [9.17, 15) is 4.79 Å². The fourth-order valence-corrected chi connectivity index (χ4v) is 4.88. The molecule has 5 heterocycles. The van der Waals surface area contributed by atoms with Crippen LogP contribution in [-0.4, -0.2) is 48.0 Å².